The van der Waals surface area contributed by atoms with Crippen molar-refractivity contribution in [2.45, 2.75) is 37.1 Å². The summed E-state index contributed by atoms with van der Waals surface area (Å²) in [6, 6.07) is 5.02. The highest BCUT2D eigenvalue weighted by Crippen LogP contribution is 2.47. The fourth-order valence-corrected chi connectivity index (χ4v) is 4.89. The average molecular weight is 475 g/mol. The molecule has 1 spiro atoms. The van der Waals surface area contributed by atoms with Gasteiger partial charge in [-0.25, -0.2) is 17.6 Å². The van der Waals surface area contributed by atoms with Gasteiger partial charge in [-0.15, -0.1) is 0 Å². The van der Waals surface area contributed by atoms with E-state index in [2.05, 4.69) is 16.0 Å². The maximum Gasteiger partial charge on any atom is 0.242 e. The van der Waals surface area contributed by atoms with Crippen molar-refractivity contribution in [3.63, 3.8) is 0 Å². The van der Waals surface area contributed by atoms with Crippen molar-refractivity contribution in [1.29, 1.82) is 0 Å². The molecule has 180 valence electrons. The second kappa shape index (κ2) is 9.58. The van der Waals surface area contributed by atoms with Crippen molar-refractivity contribution in [1.82, 2.24) is 16.0 Å². The molecule has 1 heterocycles. The van der Waals surface area contributed by atoms with E-state index >= 15 is 0 Å². The van der Waals surface area contributed by atoms with Crippen LogP contribution in [0.5, 0.6) is 0 Å². The molecule has 2 aromatic carbocycles. The van der Waals surface area contributed by atoms with E-state index in [0.29, 0.717) is 0 Å². The molecule has 9 heteroatoms. The molecule has 3 N–H and O–H groups in total. The lowest BCUT2D eigenvalue weighted by Crippen LogP contribution is -2.47. The van der Waals surface area contributed by atoms with Gasteiger partial charge in [0, 0.05) is 18.9 Å². The highest BCUT2D eigenvalue weighted by atomic mass is 19.2. The van der Waals surface area contributed by atoms with Gasteiger partial charge in [-0.05, 0) is 72.5 Å². The Labute approximate surface area is 194 Å². The largest absolute Gasteiger partial charge is 0.357 e. The molecule has 1 saturated heterocycles. The summed E-state index contributed by atoms with van der Waals surface area (Å²) >= 11 is 0. The molecule has 1 atom stereocenters. The molecule has 34 heavy (non-hydrogen) atoms. The molecule has 1 aliphatic carbocycles. The van der Waals surface area contributed by atoms with Crippen LogP contribution >= 0.6 is 0 Å². The van der Waals surface area contributed by atoms with Crippen LogP contribution in [-0.4, -0.2) is 38.0 Å². The monoisotopic (exact) mass is 475 g/mol. The third-order valence-corrected chi connectivity index (χ3v) is 6.54. The Morgan fingerprint density at radius 3 is 2.38 bits per heavy atom. The third kappa shape index (κ3) is 4.70. The number of allylic oxidation sites excluding steroid dienone is 1. The predicted molar refractivity (Wildman–Crippen MR) is 119 cm³/mol. The van der Waals surface area contributed by atoms with Crippen LogP contribution in [0.1, 0.15) is 36.0 Å². The van der Waals surface area contributed by atoms with Gasteiger partial charge in [-0.2, -0.15) is 0 Å². The Balaban J connectivity index is 1.54. The first kappa shape index (κ1) is 23.9. The van der Waals surface area contributed by atoms with Gasteiger partial charge in [0.25, 0.3) is 0 Å². The van der Waals surface area contributed by atoms with Gasteiger partial charge in [-0.3, -0.25) is 9.59 Å². The first-order chi connectivity index (χ1) is 16.2. The summed E-state index contributed by atoms with van der Waals surface area (Å²) in [7, 11) is 1.37. The summed E-state index contributed by atoms with van der Waals surface area (Å²) in [5.41, 5.74) is 2.08. The fraction of sp³-hybridized carbons (Fsp3) is 0.360. The molecule has 4 rings (SSSR count). The summed E-state index contributed by atoms with van der Waals surface area (Å²) in [6.45, 7) is 1.55. The van der Waals surface area contributed by atoms with E-state index in [9.17, 15) is 27.2 Å². The minimum absolute atomic E-state index is 0.0276. The molecule has 0 unspecified atom stereocenters. The van der Waals surface area contributed by atoms with Crippen molar-refractivity contribution in [2.75, 3.05) is 20.1 Å². The van der Waals surface area contributed by atoms with E-state index in [1.807, 2.05) is 6.08 Å². The van der Waals surface area contributed by atoms with Crippen LogP contribution in [-0.2, 0) is 21.4 Å². The van der Waals surface area contributed by atoms with Gasteiger partial charge < -0.3 is 16.0 Å². The van der Waals surface area contributed by atoms with Crippen LogP contribution in [0.25, 0.3) is 5.57 Å². The van der Waals surface area contributed by atoms with Crippen LogP contribution in [0.4, 0.5) is 17.6 Å². The molecular formula is C25H25F4N3O2. The van der Waals surface area contributed by atoms with E-state index in [0.717, 1.165) is 54.8 Å². The Hall–Kier alpha value is -3.20. The van der Waals surface area contributed by atoms with Gasteiger partial charge in [0.1, 0.15) is 11.9 Å². The minimum Gasteiger partial charge on any atom is -0.357 e. The van der Waals surface area contributed by atoms with Gasteiger partial charge >= 0.3 is 0 Å². The lowest BCUT2D eigenvalue weighted by atomic mass is 9.75. The summed E-state index contributed by atoms with van der Waals surface area (Å²) in [5, 5.41) is 8.32. The van der Waals surface area contributed by atoms with Gasteiger partial charge in [0.2, 0.25) is 11.8 Å². The molecular weight excluding hydrogens is 450 g/mol. The number of nitrogens with one attached hydrogen (secondary N) is 3. The number of rotatable bonds is 6. The first-order valence-corrected chi connectivity index (χ1v) is 11.1. The summed E-state index contributed by atoms with van der Waals surface area (Å²) < 4.78 is 54.5. The molecule has 2 aromatic rings. The van der Waals surface area contributed by atoms with E-state index in [1.54, 1.807) is 6.07 Å². The van der Waals surface area contributed by atoms with E-state index in [1.165, 1.54) is 19.2 Å². The van der Waals surface area contributed by atoms with Gasteiger partial charge in [0.15, 0.2) is 17.5 Å². The number of piperidine rings is 1. The molecule has 2 aliphatic rings. The number of amides is 2. The predicted octanol–water partition coefficient (Wildman–Crippen LogP) is 3.12. The van der Waals surface area contributed by atoms with Crippen LogP contribution in [0, 0.1) is 23.3 Å². The van der Waals surface area contributed by atoms with Gasteiger partial charge in [-0.1, -0.05) is 12.1 Å². The second-order valence-electron chi connectivity index (χ2n) is 8.75. The zero-order chi connectivity index (χ0) is 24.5. The Kier molecular flexibility index (Phi) is 6.74. The Morgan fingerprint density at radius 1 is 1.06 bits per heavy atom. The van der Waals surface area contributed by atoms with Crippen molar-refractivity contribution in [3.8, 4) is 0 Å². The summed E-state index contributed by atoms with van der Waals surface area (Å²) in [5.74, 6) is -5.71. The Bertz CT molecular complexity index is 1140. The molecule has 5 nitrogen and oxygen atoms in total. The zero-order valence-electron chi connectivity index (χ0n) is 18.6. The fourth-order valence-electron chi connectivity index (χ4n) is 4.89. The lowest BCUT2D eigenvalue weighted by Gasteiger charge is -2.33. The number of fused-ring (bicyclic) bond motifs is 2. The smallest absolute Gasteiger partial charge is 0.242 e. The number of carbonyl (C=O) groups excluding carboxylic acids is 2. The van der Waals surface area contributed by atoms with Gasteiger partial charge in [0.05, 0.1) is 6.42 Å². The zero-order valence-corrected chi connectivity index (χ0v) is 18.6. The van der Waals surface area contributed by atoms with Crippen LogP contribution in [0.3, 0.4) is 0 Å². The highest BCUT2D eigenvalue weighted by molar-refractivity contribution is 5.94. The summed E-state index contributed by atoms with van der Waals surface area (Å²) in [4.78, 5) is 25.3. The van der Waals surface area contributed by atoms with E-state index in [-0.39, 0.29) is 29.6 Å². The van der Waals surface area contributed by atoms with Crippen molar-refractivity contribution < 1.29 is 27.2 Å². The molecule has 0 aromatic heterocycles. The molecule has 2 amide bonds. The van der Waals surface area contributed by atoms with Crippen molar-refractivity contribution in [2.24, 2.45) is 0 Å². The number of hydrogen-bond donors (Lipinski definition) is 3. The van der Waals surface area contributed by atoms with Crippen LogP contribution in [0.15, 0.2) is 36.4 Å². The third-order valence-electron chi connectivity index (χ3n) is 6.54. The maximum atomic E-state index is 14.0. The second-order valence-corrected chi connectivity index (χ2v) is 8.75. The lowest BCUT2D eigenvalue weighted by molar-refractivity contribution is -0.128. The molecule has 0 bridgehead atoms. The quantitative estimate of drug-likeness (QED) is 0.444. The minimum atomic E-state index is -1.60. The highest BCUT2D eigenvalue weighted by Gasteiger charge is 2.39. The number of halogens is 4. The number of hydrogen-bond acceptors (Lipinski definition) is 3. The van der Waals surface area contributed by atoms with Crippen molar-refractivity contribution >= 4 is 17.4 Å². The SMILES string of the molecule is CNC(=O)[C@@H](Cc1cc(F)c(F)c(F)c1)NC(=O)CC1=CC2(CCNCC2)c2cc(F)ccc21. The average Bonchev–Trinajstić information content (AvgIpc) is 3.08. The molecule has 1 fully saturated rings. The first-order valence-electron chi connectivity index (χ1n) is 11.1. The number of likely N-dealkylation sites (N-methyl/N-ethyl adjacent to an activating group) is 1. The maximum absolute atomic E-state index is 14.0. The van der Waals surface area contributed by atoms with Crippen LogP contribution < -0.4 is 16.0 Å². The molecule has 0 radical (unpaired) electrons. The van der Waals surface area contributed by atoms with E-state index < -0.39 is 35.3 Å². The normalized spacial score (nSPS) is 17.1. The number of carbonyl (C=O) groups is 2. The molecule has 0 saturated carbocycles. The van der Waals surface area contributed by atoms with Crippen LogP contribution in [0.2, 0.25) is 0 Å². The van der Waals surface area contributed by atoms with Crippen molar-refractivity contribution in [3.05, 3.63) is 76.4 Å². The Morgan fingerprint density at radius 2 is 1.74 bits per heavy atom. The number of benzene rings is 2. The van der Waals surface area contributed by atoms with E-state index in [4.69, 9.17) is 0 Å². The topological polar surface area (TPSA) is 70.2 Å². The molecule has 1 aliphatic heterocycles. The summed E-state index contributed by atoms with van der Waals surface area (Å²) in [6.07, 6.45) is 3.30. The standard InChI is InChI=1S/C25H25F4N3O2/c1-30-24(34)21(10-14-8-19(27)23(29)20(28)9-14)32-22(33)11-15-13-25(4-6-31-7-5-25)18-12-16(26)2-3-17(15)18/h2-3,8-9,12-13,21,31H,4-7,10-11H2,1H3,(H,30,34)(H,32,33)/t21-/m1/s1.